The number of nitrogens with zero attached hydrogens (tertiary/aromatic N) is 2. The lowest BCUT2D eigenvalue weighted by molar-refractivity contribution is -0.134. The molecular formula is C11H10FN3O2. The molecule has 6 heteroatoms. The van der Waals surface area contributed by atoms with E-state index in [4.69, 9.17) is 5.26 Å². The fourth-order valence-corrected chi connectivity index (χ4v) is 0.984. The molecule has 1 rings (SSSR count). The van der Waals surface area contributed by atoms with E-state index in [2.05, 4.69) is 15.3 Å². The Labute approximate surface area is 97.5 Å². The van der Waals surface area contributed by atoms with Gasteiger partial charge in [0.1, 0.15) is 11.9 Å². The van der Waals surface area contributed by atoms with Gasteiger partial charge in [-0.15, -0.1) is 0 Å². The number of hydrazone groups is 1. The first-order valence-corrected chi connectivity index (χ1v) is 4.84. The van der Waals surface area contributed by atoms with Crippen molar-refractivity contribution in [2.24, 2.45) is 5.10 Å². The van der Waals surface area contributed by atoms with Crippen LogP contribution < -0.4 is 5.43 Å². The fourth-order valence-electron chi connectivity index (χ4n) is 0.984. The molecule has 0 amide bonds. The molecule has 0 saturated heterocycles. The number of anilines is 1. The minimum atomic E-state index is -0.848. The van der Waals surface area contributed by atoms with Crippen LogP contribution in [-0.2, 0) is 9.53 Å². The molecule has 88 valence electrons. The predicted octanol–water partition coefficient (Wildman–Crippen LogP) is 1.68. The van der Waals surface area contributed by atoms with Gasteiger partial charge in [0, 0.05) is 0 Å². The van der Waals surface area contributed by atoms with Crippen LogP contribution in [0.2, 0.25) is 0 Å². The smallest absolute Gasteiger partial charge is 0.369 e. The van der Waals surface area contributed by atoms with Gasteiger partial charge in [-0.2, -0.15) is 10.4 Å². The van der Waals surface area contributed by atoms with Crippen LogP contribution in [0.3, 0.4) is 0 Å². The highest BCUT2D eigenvalue weighted by Gasteiger charge is 2.11. The third-order valence-electron chi connectivity index (χ3n) is 1.74. The maximum atomic E-state index is 13.2. The van der Waals surface area contributed by atoms with Crippen LogP contribution in [0.15, 0.2) is 29.4 Å². The Balaban J connectivity index is 2.79. The van der Waals surface area contributed by atoms with Crippen molar-refractivity contribution in [3.63, 3.8) is 0 Å². The molecule has 0 aliphatic rings. The fraction of sp³-hybridized carbons (Fsp3) is 0.182. The van der Waals surface area contributed by atoms with E-state index in [9.17, 15) is 9.18 Å². The van der Waals surface area contributed by atoms with E-state index < -0.39 is 17.5 Å². The quantitative estimate of drug-likeness (QED) is 0.489. The number of carbonyl (C=O) groups is 1. The van der Waals surface area contributed by atoms with Gasteiger partial charge in [-0.1, -0.05) is 12.1 Å². The van der Waals surface area contributed by atoms with Crippen molar-refractivity contribution in [3.05, 3.63) is 30.1 Å². The minimum Gasteiger partial charge on any atom is -0.461 e. The largest absolute Gasteiger partial charge is 0.461 e. The lowest BCUT2D eigenvalue weighted by atomic mass is 10.3. The second-order valence-electron chi connectivity index (χ2n) is 2.88. The van der Waals surface area contributed by atoms with E-state index in [1.165, 1.54) is 18.2 Å². The standard InChI is InChI=1S/C11H10FN3O2/c1-2-17-11(16)10(7-13)15-14-9-6-4-3-5-8(9)12/h3-6,14H,2H2,1H3/b15-10+. The highest BCUT2D eigenvalue weighted by atomic mass is 19.1. The summed E-state index contributed by atoms with van der Waals surface area (Å²) in [5.74, 6) is -1.38. The first-order chi connectivity index (χ1) is 8.19. The van der Waals surface area contributed by atoms with Gasteiger partial charge >= 0.3 is 5.97 Å². The number of benzene rings is 1. The Kier molecular flexibility index (Phi) is 4.63. The van der Waals surface area contributed by atoms with Crippen LogP contribution in [-0.4, -0.2) is 18.3 Å². The number of para-hydroxylation sites is 1. The average molecular weight is 235 g/mol. The van der Waals surface area contributed by atoms with Crippen molar-refractivity contribution in [1.29, 1.82) is 5.26 Å². The summed E-state index contributed by atoms with van der Waals surface area (Å²) in [6, 6.07) is 7.34. The summed E-state index contributed by atoms with van der Waals surface area (Å²) in [5.41, 5.74) is 1.90. The van der Waals surface area contributed by atoms with E-state index in [-0.39, 0.29) is 12.3 Å². The van der Waals surface area contributed by atoms with Crippen molar-refractivity contribution in [3.8, 4) is 6.07 Å². The Hall–Kier alpha value is -2.42. The molecule has 0 aromatic heterocycles. The molecule has 0 atom stereocenters. The van der Waals surface area contributed by atoms with Gasteiger partial charge < -0.3 is 4.74 Å². The summed E-state index contributed by atoms with van der Waals surface area (Å²) in [6.07, 6.45) is 0. The number of esters is 1. The van der Waals surface area contributed by atoms with E-state index in [0.29, 0.717) is 0 Å². The van der Waals surface area contributed by atoms with E-state index in [1.807, 2.05) is 0 Å². The predicted molar refractivity (Wildman–Crippen MR) is 59.7 cm³/mol. The minimum absolute atomic E-state index is 0.0737. The molecule has 0 saturated carbocycles. The normalized spacial score (nSPS) is 10.5. The molecule has 0 heterocycles. The molecule has 1 aromatic rings. The van der Waals surface area contributed by atoms with E-state index in [0.717, 1.165) is 0 Å². The second-order valence-corrected chi connectivity index (χ2v) is 2.88. The number of hydrogen-bond donors (Lipinski definition) is 1. The van der Waals surface area contributed by atoms with Crippen molar-refractivity contribution in [2.75, 3.05) is 12.0 Å². The highest BCUT2D eigenvalue weighted by molar-refractivity contribution is 6.43. The Morgan fingerprint density at radius 1 is 1.59 bits per heavy atom. The van der Waals surface area contributed by atoms with Crippen molar-refractivity contribution in [1.82, 2.24) is 0 Å². The van der Waals surface area contributed by atoms with E-state index >= 15 is 0 Å². The summed E-state index contributed by atoms with van der Waals surface area (Å²) in [6.45, 7) is 1.75. The van der Waals surface area contributed by atoms with Gasteiger partial charge in [0.05, 0.1) is 12.3 Å². The Morgan fingerprint density at radius 2 is 2.29 bits per heavy atom. The maximum absolute atomic E-state index is 13.2. The van der Waals surface area contributed by atoms with Crippen LogP contribution in [0.1, 0.15) is 6.92 Å². The summed E-state index contributed by atoms with van der Waals surface area (Å²) >= 11 is 0. The zero-order chi connectivity index (χ0) is 12.7. The summed E-state index contributed by atoms with van der Waals surface area (Å²) < 4.78 is 17.7. The molecule has 0 fully saturated rings. The van der Waals surface area contributed by atoms with Gasteiger partial charge in [-0.05, 0) is 19.1 Å². The molecule has 0 bridgehead atoms. The molecule has 0 aliphatic heterocycles. The zero-order valence-electron chi connectivity index (χ0n) is 9.11. The second kappa shape index (κ2) is 6.23. The van der Waals surface area contributed by atoms with Gasteiger partial charge in [0.15, 0.2) is 0 Å². The number of halogens is 1. The molecule has 0 radical (unpaired) electrons. The van der Waals surface area contributed by atoms with Crippen molar-refractivity contribution >= 4 is 17.4 Å². The summed E-state index contributed by atoms with van der Waals surface area (Å²) in [7, 11) is 0. The van der Waals surface area contributed by atoms with Crippen LogP contribution in [0, 0.1) is 17.1 Å². The van der Waals surface area contributed by atoms with Gasteiger partial charge in [-0.3, -0.25) is 5.43 Å². The molecule has 1 aromatic carbocycles. The van der Waals surface area contributed by atoms with Crippen LogP contribution >= 0.6 is 0 Å². The number of nitrogens with one attached hydrogen (secondary N) is 1. The van der Waals surface area contributed by atoms with Crippen molar-refractivity contribution in [2.45, 2.75) is 6.92 Å². The molecule has 0 unspecified atom stereocenters. The van der Waals surface area contributed by atoms with Crippen LogP contribution in [0.25, 0.3) is 0 Å². The van der Waals surface area contributed by atoms with Crippen molar-refractivity contribution < 1.29 is 13.9 Å². The topological polar surface area (TPSA) is 74.5 Å². The Bertz CT molecular complexity index is 480. The molecular weight excluding hydrogens is 225 g/mol. The zero-order valence-corrected chi connectivity index (χ0v) is 9.11. The lowest BCUT2D eigenvalue weighted by Gasteiger charge is -2.02. The lowest BCUT2D eigenvalue weighted by Crippen LogP contribution is -2.17. The van der Waals surface area contributed by atoms with Gasteiger partial charge in [-0.25, -0.2) is 9.18 Å². The third-order valence-corrected chi connectivity index (χ3v) is 1.74. The van der Waals surface area contributed by atoms with Crippen LogP contribution in [0.4, 0.5) is 10.1 Å². The number of hydrogen-bond acceptors (Lipinski definition) is 5. The highest BCUT2D eigenvalue weighted by Crippen LogP contribution is 2.11. The summed E-state index contributed by atoms with van der Waals surface area (Å²) in [4.78, 5) is 11.2. The molecule has 0 spiro atoms. The summed E-state index contributed by atoms with van der Waals surface area (Å²) in [5, 5.41) is 12.1. The molecule has 17 heavy (non-hydrogen) atoms. The molecule has 1 N–H and O–H groups in total. The SMILES string of the molecule is CCOC(=O)/C(C#N)=N/Nc1ccccc1F. The van der Waals surface area contributed by atoms with Gasteiger partial charge in [0.25, 0.3) is 0 Å². The first kappa shape index (κ1) is 12.6. The third kappa shape index (κ3) is 3.57. The number of carbonyl (C=O) groups excluding carboxylic acids is 1. The molecule has 0 aliphatic carbocycles. The number of ether oxygens (including phenoxy) is 1. The Morgan fingerprint density at radius 3 is 2.88 bits per heavy atom. The average Bonchev–Trinajstić information content (AvgIpc) is 2.32. The van der Waals surface area contributed by atoms with E-state index in [1.54, 1.807) is 19.1 Å². The number of rotatable bonds is 4. The molecule has 5 nitrogen and oxygen atoms in total. The van der Waals surface area contributed by atoms with Crippen LogP contribution in [0.5, 0.6) is 0 Å². The van der Waals surface area contributed by atoms with Gasteiger partial charge in [0.2, 0.25) is 5.71 Å². The maximum Gasteiger partial charge on any atom is 0.369 e. The first-order valence-electron chi connectivity index (χ1n) is 4.84. The number of nitriles is 1. The monoisotopic (exact) mass is 235 g/mol.